The smallest absolute Gasteiger partial charge is 0.247 e. The molecule has 1 fully saturated rings. The van der Waals surface area contributed by atoms with Gasteiger partial charge in [0.05, 0.1) is 4.90 Å². The number of amides is 2. The van der Waals surface area contributed by atoms with Gasteiger partial charge in [0, 0.05) is 47.7 Å². The molecule has 0 saturated carbocycles. The van der Waals surface area contributed by atoms with Gasteiger partial charge >= 0.3 is 0 Å². The summed E-state index contributed by atoms with van der Waals surface area (Å²) in [5, 5.41) is 4.45. The Morgan fingerprint density at radius 1 is 0.804 bits per heavy atom. The normalized spacial score (nSPS) is 14.2. The Morgan fingerprint density at radius 3 is 2.09 bits per heavy atom. The standard InChI is InChI=1S/C35H34Cl3N3O4S/c36-29-14-8-26(9-15-29)24-41(33(42)19-12-25-10-17-31(18-11-25)46(44,45)40-20-4-5-21-40)34(27-6-2-1-3-7-27)35(43)39-23-28-13-16-30(37)22-32(28)38/h1-3,6-11,13-18,22,34H,4-5,12,19-21,23-24H2,(H,39,43)/t34-/m1/s1. The lowest BCUT2D eigenvalue weighted by Gasteiger charge is -2.32. The molecule has 2 amide bonds. The molecule has 11 heteroatoms. The molecule has 0 radical (unpaired) electrons. The zero-order valence-electron chi connectivity index (χ0n) is 25.0. The molecular formula is C35H34Cl3N3O4S. The van der Waals surface area contributed by atoms with Crippen LogP contribution in [0.25, 0.3) is 0 Å². The van der Waals surface area contributed by atoms with Crippen molar-refractivity contribution in [1.82, 2.24) is 14.5 Å². The van der Waals surface area contributed by atoms with E-state index in [1.165, 1.54) is 4.31 Å². The number of nitrogens with one attached hydrogen (secondary N) is 1. The maximum Gasteiger partial charge on any atom is 0.247 e. The molecule has 1 atom stereocenters. The zero-order chi connectivity index (χ0) is 32.7. The molecule has 4 aromatic carbocycles. The highest BCUT2D eigenvalue weighted by Crippen LogP contribution is 2.27. The molecule has 1 aliphatic rings. The highest BCUT2D eigenvalue weighted by molar-refractivity contribution is 7.89. The first-order valence-electron chi connectivity index (χ1n) is 15.0. The molecule has 1 aliphatic heterocycles. The van der Waals surface area contributed by atoms with Crippen molar-refractivity contribution in [2.24, 2.45) is 0 Å². The van der Waals surface area contributed by atoms with Crippen molar-refractivity contribution in [3.05, 3.63) is 134 Å². The fourth-order valence-corrected chi connectivity index (χ4v) is 7.58. The number of nitrogens with zero attached hydrogens (tertiary/aromatic N) is 2. The lowest BCUT2D eigenvalue weighted by Crippen LogP contribution is -2.43. The Hall–Kier alpha value is -3.40. The molecule has 46 heavy (non-hydrogen) atoms. The largest absolute Gasteiger partial charge is 0.350 e. The van der Waals surface area contributed by atoms with Crippen LogP contribution in [0.3, 0.4) is 0 Å². The number of sulfonamides is 1. The van der Waals surface area contributed by atoms with Gasteiger partial charge in [-0.25, -0.2) is 8.42 Å². The number of rotatable bonds is 12. The van der Waals surface area contributed by atoms with Crippen molar-refractivity contribution >= 4 is 56.6 Å². The van der Waals surface area contributed by atoms with E-state index in [4.69, 9.17) is 34.8 Å². The molecule has 240 valence electrons. The Morgan fingerprint density at radius 2 is 1.43 bits per heavy atom. The highest BCUT2D eigenvalue weighted by Gasteiger charge is 2.32. The van der Waals surface area contributed by atoms with Gasteiger partial charge in [0.15, 0.2) is 0 Å². The minimum absolute atomic E-state index is 0.103. The van der Waals surface area contributed by atoms with Crippen LogP contribution < -0.4 is 5.32 Å². The van der Waals surface area contributed by atoms with E-state index in [-0.39, 0.29) is 36.2 Å². The van der Waals surface area contributed by atoms with Gasteiger partial charge in [0.25, 0.3) is 0 Å². The molecule has 0 bridgehead atoms. The minimum Gasteiger partial charge on any atom is -0.350 e. The molecule has 1 N–H and O–H groups in total. The SMILES string of the molecule is O=C(NCc1ccc(Cl)cc1Cl)[C@@H](c1ccccc1)N(Cc1ccc(Cl)cc1)C(=O)CCc1ccc(S(=O)(=O)N2CCCC2)cc1. The number of aryl methyl sites for hydroxylation is 1. The second kappa shape index (κ2) is 15.5. The predicted octanol–water partition coefficient (Wildman–Crippen LogP) is 7.45. The Kier molecular flexibility index (Phi) is 11.4. The number of hydrogen-bond donors (Lipinski definition) is 1. The topological polar surface area (TPSA) is 86.8 Å². The maximum atomic E-state index is 14.1. The summed E-state index contributed by atoms with van der Waals surface area (Å²) in [6, 6.07) is 27.1. The lowest BCUT2D eigenvalue weighted by molar-refractivity contribution is -0.141. The molecular weight excluding hydrogens is 665 g/mol. The van der Waals surface area contributed by atoms with Crippen LogP contribution in [0.1, 0.15) is 47.6 Å². The van der Waals surface area contributed by atoms with Crippen molar-refractivity contribution in [2.45, 2.75) is 49.7 Å². The van der Waals surface area contributed by atoms with Crippen LogP contribution in [0.15, 0.2) is 102 Å². The van der Waals surface area contributed by atoms with Crippen LogP contribution >= 0.6 is 34.8 Å². The van der Waals surface area contributed by atoms with Crippen molar-refractivity contribution < 1.29 is 18.0 Å². The van der Waals surface area contributed by atoms with Crippen molar-refractivity contribution in [3.63, 3.8) is 0 Å². The fourth-order valence-electron chi connectivity index (χ4n) is 5.46. The second-order valence-corrected chi connectivity index (χ2v) is 14.4. The number of carbonyl (C=O) groups is 2. The fraction of sp³-hybridized carbons (Fsp3) is 0.257. The molecule has 0 aliphatic carbocycles. The van der Waals surface area contributed by atoms with Crippen LogP contribution in [0.5, 0.6) is 0 Å². The van der Waals surface area contributed by atoms with Crippen molar-refractivity contribution in [1.29, 1.82) is 0 Å². The van der Waals surface area contributed by atoms with Gasteiger partial charge in [-0.2, -0.15) is 4.31 Å². The third-order valence-electron chi connectivity index (χ3n) is 7.98. The molecule has 0 unspecified atom stereocenters. The summed E-state index contributed by atoms with van der Waals surface area (Å²) in [7, 11) is -3.53. The van der Waals surface area contributed by atoms with E-state index in [0.29, 0.717) is 45.7 Å². The number of hydrogen-bond acceptors (Lipinski definition) is 4. The first-order valence-corrected chi connectivity index (χ1v) is 17.6. The van der Waals surface area contributed by atoms with Crippen LogP contribution in [0.2, 0.25) is 15.1 Å². The van der Waals surface area contributed by atoms with Crippen LogP contribution in [0, 0.1) is 0 Å². The van der Waals surface area contributed by atoms with E-state index >= 15 is 0 Å². The van der Waals surface area contributed by atoms with E-state index in [0.717, 1.165) is 24.0 Å². The third-order valence-corrected chi connectivity index (χ3v) is 10.7. The summed E-state index contributed by atoms with van der Waals surface area (Å²) in [5.41, 5.74) is 2.97. The molecule has 1 saturated heterocycles. The molecule has 0 aromatic heterocycles. The van der Waals surface area contributed by atoms with Gasteiger partial charge in [-0.05, 0) is 77.9 Å². The first-order chi connectivity index (χ1) is 22.1. The molecule has 4 aromatic rings. The Bertz CT molecular complexity index is 1760. The minimum atomic E-state index is -3.53. The molecule has 1 heterocycles. The Labute approximate surface area is 285 Å². The lowest BCUT2D eigenvalue weighted by atomic mass is 10.0. The quantitative estimate of drug-likeness (QED) is 0.167. The summed E-state index contributed by atoms with van der Waals surface area (Å²) >= 11 is 18.5. The average Bonchev–Trinajstić information content (AvgIpc) is 3.61. The summed E-state index contributed by atoms with van der Waals surface area (Å²) in [6.07, 6.45) is 2.20. The highest BCUT2D eigenvalue weighted by atomic mass is 35.5. The van der Waals surface area contributed by atoms with E-state index in [1.54, 1.807) is 59.5 Å². The van der Waals surface area contributed by atoms with Crippen LogP contribution in [0.4, 0.5) is 0 Å². The summed E-state index contributed by atoms with van der Waals surface area (Å²) in [4.78, 5) is 29.8. The summed E-state index contributed by atoms with van der Waals surface area (Å²) in [6.45, 7) is 1.38. The van der Waals surface area contributed by atoms with E-state index in [2.05, 4.69) is 5.32 Å². The molecule has 7 nitrogen and oxygen atoms in total. The monoisotopic (exact) mass is 697 g/mol. The first kappa shape index (κ1) is 33.9. The Balaban J connectivity index is 1.38. The predicted molar refractivity (Wildman–Crippen MR) is 182 cm³/mol. The third kappa shape index (κ3) is 8.49. The van der Waals surface area contributed by atoms with Crippen molar-refractivity contribution in [2.75, 3.05) is 13.1 Å². The second-order valence-electron chi connectivity index (χ2n) is 11.2. The molecule has 5 rings (SSSR count). The average molecular weight is 699 g/mol. The van der Waals surface area contributed by atoms with Crippen LogP contribution in [-0.2, 0) is 39.1 Å². The summed E-state index contributed by atoms with van der Waals surface area (Å²) in [5.74, 6) is -0.603. The van der Waals surface area contributed by atoms with Gasteiger partial charge < -0.3 is 10.2 Å². The molecule has 0 spiro atoms. The van der Waals surface area contributed by atoms with Gasteiger partial charge in [0.2, 0.25) is 21.8 Å². The number of benzene rings is 4. The number of carbonyl (C=O) groups excluding carboxylic acids is 2. The maximum absolute atomic E-state index is 14.1. The number of halogens is 3. The van der Waals surface area contributed by atoms with Gasteiger partial charge in [-0.15, -0.1) is 0 Å². The van der Waals surface area contributed by atoms with E-state index in [9.17, 15) is 18.0 Å². The van der Waals surface area contributed by atoms with Crippen LogP contribution in [-0.4, -0.2) is 42.5 Å². The van der Waals surface area contributed by atoms with E-state index in [1.807, 2.05) is 42.5 Å². The summed E-state index contributed by atoms with van der Waals surface area (Å²) < 4.78 is 27.4. The van der Waals surface area contributed by atoms with Gasteiger partial charge in [0.1, 0.15) is 6.04 Å². The van der Waals surface area contributed by atoms with Crippen molar-refractivity contribution in [3.8, 4) is 0 Å². The van der Waals surface area contributed by atoms with Gasteiger partial charge in [-0.1, -0.05) is 95.5 Å². The van der Waals surface area contributed by atoms with Gasteiger partial charge in [-0.3, -0.25) is 9.59 Å². The zero-order valence-corrected chi connectivity index (χ0v) is 28.1. The van der Waals surface area contributed by atoms with E-state index < -0.39 is 16.1 Å².